The van der Waals surface area contributed by atoms with Crippen molar-refractivity contribution in [3.05, 3.63) is 78.4 Å². The van der Waals surface area contributed by atoms with Crippen LogP contribution in [0, 0.1) is 5.92 Å². The van der Waals surface area contributed by atoms with Gasteiger partial charge in [-0.3, -0.25) is 9.79 Å². The molecule has 0 bridgehead atoms. The predicted octanol–water partition coefficient (Wildman–Crippen LogP) is 4.18. The molecule has 180 valence electrons. The molecule has 4 rings (SSSR count). The van der Waals surface area contributed by atoms with Crippen LogP contribution in [0.5, 0.6) is 0 Å². The zero-order valence-electron chi connectivity index (χ0n) is 19.7. The Morgan fingerprint density at radius 3 is 2.53 bits per heavy atom. The number of piperidine rings is 1. The Hall–Kier alpha value is -2.88. The van der Waals surface area contributed by atoms with Gasteiger partial charge in [-0.25, -0.2) is 4.98 Å². The maximum Gasteiger partial charge on any atom is 0.308 e. The lowest BCUT2D eigenvalue weighted by molar-refractivity contribution is -0.146. The second-order valence-corrected chi connectivity index (χ2v) is 8.27. The first kappa shape index (κ1) is 25.7. The average molecular weight is 573 g/mol. The predicted molar refractivity (Wildman–Crippen MR) is 145 cm³/mol. The summed E-state index contributed by atoms with van der Waals surface area (Å²) in [6.45, 7) is 3.07. The number of nitrogens with zero attached hydrogens (tertiary/aromatic N) is 4. The summed E-state index contributed by atoms with van der Waals surface area (Å²) in [6.07, 6.45) is 7.18. The molecule has 1 aliphatic rings. The second-order valence-electron chi connectivity index (χ2n) is 8.27. The number of carbonyl (C=O) groups is 1. The summed E-state index contributed by atoms with van der Waals surface area (Å²) in [5, 5.41) is 3.51. The van der Waals surface area contributed by atoms with Crippen molar-refractivity contribution in [3.8, 4) is 11.1 Å². The fraction of sp³-hybridized carbons (Fsp3) is 0.346. The molecule has 2 heterocycles. The third kappa shape index (κ3) is 6.37. The molecule has 7 nitrogen and oxygen atoms in total. The van der Waals surface area contributed by atoms with Crippen LogP contribution in [-0.2, 0) is 22.6 Å². The standard InChI is InChI=1S/C26H31N5O2.HI/c1-27-26(31-14-11-22(12-15-31)25(32)33-2)29-17-23-5-3-4-6-24(23)21-9-7-20(8-10-21)18-30-16-13-28-19-30;/h3-10,13,16,19,22H,11-12,14-15,17-18H2,1-2H3,(H,27,29);1H. The van der Waals surface area contributed by atoms with E-state index in [-0.39, 0.29) is 35.9 Å². The molecule has 0 unspecified atom stereocenters. The van der Waals surface area contributed by atoms with Crippen LogP contribution in [0.1, 0.15) is 24.0 Å². The molecule has 0 saturated carbocycles. The van der Waals surface area contributed by atoms with Crippen LogP contribution in [0.25, 0.3) is 11.1 Å². The van der Waals surface area contributed by atoms with Crippen LogP contribution < -0.4 is 5.32 Å². The van der Waals surface area contributed by atoms with Gasteiger partial charge in [0, 0.05) is 45.6 Å². The number of likely N-dealkylation sites (tertiary alicyclic amines) is 1. The number of benzene rings is 2. The van der Waals surface area contributed by atoms with Crippen molar-refractivity contribution in [2.45, 2.75) is 25.9 Å². The number of imidazole rings is 1. The summed E-state index contributed by atoms with van der Waals surface area (Å²) in [4.78, 5) is 22.6. The summed E-state index contributed by atoms with van der Waals surface area (Å²) < 4.78 is 6.96. The van der Waals surface area contributed by atoms with Crippen LogP contribution in [0.3, 0.4) is 0 Å². The highest BCUT2D eigenvalue weighted by Crippen LogP contribution is 2.25. The molecule has 1 fully saturated rings. The van der Waals surface area contributed by atoms with Gasteiger partial charge in [0.05, 0.1) is 19.4 Å². The highest BCUT2D eigenvalue weighted by Gasteiger charge is 2.27. The van der Waals surface area contributed by atoms with Crippen molar-refractivity contribution in [2.24, 2.45) is 10.9 Å². The Labute approximate surface area is 218 Å². The molecule has 8 heteroatoms. The van der Waals surface area contributed by atoms with E-state index in [4.69, 9.17) is 4.74 Å². The number of aliphatic imine (C=N–C) groups is 1. The molecule has 1 N–H and O–H groups in total. The van der Waals surface area contributed by atoms with E-state index in [9.17, 15) is 4.79 Å². The van der Waals surface area contributed by atoms with Crippen molar-refractivity contribution in [3.63, 3.8) is 0 Å². The topological polar surface area (TPSA) is 71.8 Å². The Morgan fingerprint density at radius 1 is 1.15 bits per heavy atom. The number of halogens is 1. The molecular weight excluding hydrogens is 541 g/mol. The summed E-state index contributed by atoms with van der Waals surface area (Å²) in [5.74, 6) is 0.744. The molecule has 0 aliphatic carbocycles. The first-order valence-electron chi connectivity index (χ1n) is 11.3. The Balaban J connectivity index is 0.00000324. The monoisotopic (exact) mass is 573 g/mol. The Kier molecular flexibility index (Phi) is 9.50. The number of methoxy groups -OCH3 is 1. The van der Waals surface area contributed by atoms with E-state index < -0.39 is 0 Å². The van der Waals surface area contributed by atoms with Gasteiger partial charge >= 0.3 is 5.97 Å². The van der Waals surface area contributed by atoms with E-state index >= 15 is 0 Å². The van der Waals surface area contributed by atoms with E-state index in [0.717, 1.165) is 38.4 Å². The van der Waals surface area contributed by atoms with Crippen molar-refractivity contribution >= 4 is 35.9 Å². The molecule has 1 aromatic heterocycles. The van der Waals surface area contributed by atoms with Gasteiger partial charge in [0.25, 0.3) is 0 Å². The summed E-state index contributed by atoms with van der Waals surface area (Å²) in [7, 11) is 3.26. The number of ether oxygens (including phenoxy) is 1. The lowest BCUT2D eigenvalue weighted by atomic mass is 9.97. The van der Waals surface area contributed by atoms with Gasteiger partial charge in [0.2, 0.25) is 0 Å². The van der Waals surface area contributed by atoms with E-state index in [1.807, 2.05) is 12.5 Å². The number of esters is 1. The first-order valence-corrected chi connectivity index (χ1v) is 11.3. The Morgan fingerprint density at radius 2 is 1.88 bits per heavy atom. The molecule has 0 atom stereocenters. The van der Waals surface area contributed by atoms with Crippen molar-refractivity contribution in [2.75, 3.05) is 27.2 Å². The quantitative estimate of drug-likeness (QED) is 0.208. The SMILES string of the molecule is CN=C(NCc1ccccc1-c1ccc(Cn2ccnc2)cc1)N1CCC(C(=O)OC)CC1.I. The van der Waals surface area contributed by atoms with Crippen LogP contribution in [0.2, 0.25) is 0 Å². The molecule has 0 amide bonds. The number of guanidine groups is 1. The molecule has 0 radical (unpaired) electrons. The summed E-state index contributed by atoms with van der Waals surface area (Å²) in [5.41, 5.74) is 4.85. The van der Waals surface area contributed by atoms with Crippen LogP contribution in [-0.4, -0.2) is 53.6 Å². The minimum atomic E-state index is -0.109. The van der Waals surface area contributed by atoms with Gasteiger partial charge in [-0.15, -0.1) is 24.0 Å². The molecule has 1 aliphatic heterocycles. The normalized spacial score (nSPS) is 14.4. The largest absolute Gasteiger partial charge is 0.469 e. The van der Waals surface area contributed by atoms with Crippen molar-refractivity contribution in [1.29, 1.82) is 0 Å². The smallest absolute Gasteiger partial charge is 0.308 e. The van der Waals surface area contributed by atoms with Crippen LogP contribution >= 0.6 is 24.0 Å². The molecule has 2 aromatic carbocycles. The number of aromatic nitrogens is 2. The van der Waals surface area contributed by atoms with E-state index in [2.05, 4.69) is 73.3 Å². The number of carbonyl (C=O) groups excluding carboxylic acids is 1. The highest BCUT2D eigenvalue weighted by atomic mass is 127. The molecule has 1 saturated heterocycles. The molecular formula is C26H32IN5O2. The third-order valence-corrected chi connectivity index (χ3v) is 6.18. The fourth-order valence-corrected chi connectivity index (χ4v) is 4.34. The fourth-order valence-electron chi connectivity index (χ4n) is 4.34. The van der Waals surface area contributed by atoms with E-state index in [1.165, 1.54) is 29.4 Å². The van der Waals surface area contributed by atoms with E-state index in [1.54, 1.807) is 13.2 Å². The molecule has 3 aromatic rings. The lowest BCUT2D eigenvalue weighted by Gasteiger charge is -2.33. The van der Waals surface area contributed by atoms with Crippen molar-refractivity contribution in [1.82, 2.24) is 19.8 Å². The highest BCUT2D eigenvalue weighted by molar-refractivity contribution is 14.0. The summed E-state index contributed by atoms with van der Waals surface area (Å²) >= 11 is 0. The summed E-state index contributed by atoms with van der Waals surface area (Å²) in [6, 6.07) is 17.1. The van der Waals surface area contributed by atoms with Gasteiger partial charge in [0.1, 0.15) is 0 Å². The zero-order chi connectivity index (χ0) is 23.0. The maximum absolute atomic E-state index is 11.8. The average Bonchev–Trinajstić information content (AvgIpc) is 3.38. The van der Waals surface area contributed by atoms with Gasteiger partial charge in [0.15, 0.2) is 5.96 Å². The van der Waals surface area contributed by atoms with Crippen molar-refractivity contribution < 1.29 is 9.53 Å². The number of hydrogen-bond donors (Lipinski definition) is 1. The molecule has 0 spiro atoms. The third-order valence-electron chi connectivity index (χ3n) is 6.18. The van der Waals surface area contributed by atoms with Gasteiger partial charge in [-0.05, 0) is 35.1 Å². The minimum absolute atomic E-state index is 0. The zero-order valence-corrected chi connectivity index (χ0v) is 22.0. The van der Waals surface area contributed by atoms with Crippen LogP contribution in [0.15, 0.2) is 72.2 Å². The number of rotatable bonds is 6. The Bertz CT molecular complexity index is 1070. The molecule has 34 heavy (non-hydrogen) atoms. The van der Waals surface area contributed by atoms with Gasteiger partial charge < -0.3 is 19.5 Å². The minimum Gasteiger partial charge on any atom is -0.469 e. The maximum atomic E-state index is 11.8. The first-order chi connectivity index (χ1) is 16.2. The van der Waals surface area contributed by atoms with Gasteiger partial charge in [-0.1, -0.05) is 48.5 Å². The second kappa shape index (κ2) is 12.5. The number of nitrogens with one attached hydrogen (secondary N) is 1. The lowest BCUT2D eigenvalue weighted by Crippen LogP contribution is -2.46. The van der Waals surface area contributed by atoms with Gasteiger partial charge in [-0.2, -0.15) is 0 Å². The number of hydrogen-bond acceptors (Lipinski definition) is 4. The van der Waals surface area contributed by atoms with Crippen LogP contribution in [0.4, 0.5) is 0 Å². The van der Waals surface area contributed by atoms with E-state index in [0.29, 0.717) is 6.54 Å².